The second kappa shape index (κ2) is 12.8. The third-order valence-electron chi connectivity index (χ3n) is 6.50. The van der Waals surface area contributed by atoms with Crippen LogP contribution in [0.1, 0.15) is 40.2 Å². The molecule has 9 heteroatoms. The molecule has 0 aliphatic heterocycles. The van der Waals surface area contributed by atoms with E-state index >= 15 is 0 Å². The van der Waals surface area contributed by atoms with Gasteiger partial charge < -0.3 is 14.8 Å². The summed E-state index contributed by atoms with van der Waals surface area (Å²) in [5, 5.41) is 10.1. The van der Waals surface area contributed by atoms with Crippen molar-refractivity contribution < 1.29 is 23.9 Å². The molecule has 0 saturated heterocycles. The minimum absolute atomic E-state index is 0.305. The second-order valence-electron chi connectivity index (χ2n) is 9.33. The fourth-order valence-electron chi connectivity index (χ4n) is 4.43. The predicted molar refractivity (Wildman–Crippen MR) is 152 cm³/mol. The predicted octanol–water partition coefficient (Wildman–Crippen LogP) is 5.22. The Kier molecular flexibility index (Phi) is 8.96. The van der Waals surface area contributed by atoms with Gasteiger partial charge in [-0.1, -0.05) is 72.8 Å². The van der Waals surface area contributed by atoms with Gasteiger partial charge in [-0.3, -0.25) is 14.8 Å². The third-order valence-corrected chi connectivity index (χ3v) is 6.50. The van der Waals surface area contributed by atoms with E-state index in [-0.39, 0.29) is 0 Å². The topological polar surface area (TPSA) is 112 Å². The fraction of sp³-hybridized carbons (Fsp3) is 0.226. The number of aromatic nitrogens is 2. The quantitative estimate of drug-likeness (QED) is 0.282. The molecule has 4 rings (SSSR count). The number of carbonyl (C=O) groups excluding carboxylic acids is 3. The lowest BCUT2D eigenvalue weighted by atomic mass is 10.0. The first-order valence-electron chi connectivity index (χ1n) is 12.9. The van der Waals surface area contributed by atoms with Crippen molar-refractivity contribution in [2.24, 2.45) is 7.05 Å². The summed E-state index contributed by atoms with van der Waals surface area (Å²) >= 11 is 0. The molecular formula is C31H32N4O5. The number of methoxy groups -OCH3 is 1. The first-order valence-corrected chi connectivity index (χ1v) is 12.9. The van der Waals surface area contributed by atoms with Crippen molar-refractivity contribution in [3.05, 3.63) is 107 Å². The highest BCUT2D eigenvalue weighted by molar-refractivity contribution is 5.98. The first kappa shape index (κ1) is 28.1. The number of hydrogen-bond acceptors (Lipinski definition) is 6. The molecule has 40 heavy (non-hydrogen) atoms. The highest BCUT2D eigenvalue weighted by Gasteiger charge is 2.24. The Morgan fingerprint density at radius 3 is 2.17 bits per heavy atom. The summed E-state index contributed by atoms with van der Waals surface area (Å²) in [6.07, 6.45) is -0.730. The van der Waals surface area contributed by atoms with Crippen LogP contribution in [0.25, 0.3) is 11.3 Å². The number of nitrogens with zero attached hydrogens (tertiary/aromatic N) is 2. The molecule has 206 valence electrons. The fourth-order valence-corrected chi connectivity index (χ4v) is 4.43. The van der Waals surface area contributed by atoms with Crippen LogP contribution in [-0.2, 0) is 27.7 Å². The van der Waals surface area contributed by atoms with Crippen molar-refractivity contribution in [3.63, 3.8) is 0 Å². The Hall–Kier alpha value is -4.92. The molecule has 0 aliphatic carbocycles. The molecule has 0 saturated carbocycles. The van der Waals surface area contributed by atoms with E-state index in [1.165, 1.54) is 7.11 Å². The lowest BCUT2D eigenvalue weighted by Gasteiger charge is -2.17. The zero-order valence-corrected chi connectivity index (χ0v) is 22.9. The summed E-state index contributed by atoms with van der Waals surface area (Å²) in [6.45, 7) is 3.60. The van der Waals surface area contributed by atoms with Crippen LogP contribution in [0.15, 0.2) is 84.9 Å². The van der Waals surface area contributed by atoms with Gasteiger partial charge in [0.1, 0.15) is 12.1 Å². The standard InChI is InChI=1S/C31H32N4O5/c1-20-27(33-31(38)40-21(2)23-13-9-6-10-14-23)28(35(3)34-20)24-15-17-25(18-16-24)29(36)32-26(30(37)39-4)19-22-11-7-5-8-12-22/h5-18,21,26H,19H2,1-4H3,(H,32,36)(H,33,38)/t21-,26-/m1/s1. The van der Waals surface area contributed by atoms with E-state index in [1.807, 2.05) is 60.7 Å². The Morgan fingerprint density at radius 1 is 0.925 bits per heavy atom. The van der Waals surface area contributed by atoms with Gasteiger partial charge >= 0.3 is 12.1 Å². The Balaban J connectivity index is 1.48. The average molecular weight is 541 g/mol. The van der Waals surface area contributed by atoms with Gasteiger partial charge in [-0.05, 0) is 37.1 Å². The lowest BCUT2D eigenvalue weighted by Crippen LogP contribution is -2.43. The van der Waals surface area contributed by atoms with Crippen LogP contribution >= 0.6 is 0 Å². The minimum Gasteiger partial charge on any atom is -0.467 e. The van der Waals surface area contributed by atoms with Gasteiger partial charge in [0.2, 0.25) is 0 Å². The van der Waals surface area contributed by atoms with E-state index in [9.17, 15) is 14.4 Å². The number of rotatable bonds is 9. The van der Waals surface area contributed by atoms with Crippen LogP contribution in [-0.4, -0.2) is 40.9 Å². The SMILES string of the molecule is COC(=O)[C@@H](Cc1ccccc1)NC(=O)c1ccc(-c2c(NC(=O)O[C@H](C)c3ccccc3)c(C)nn2C)cc1. The van der Waals surface area contributed by atoms with Crippen LogP contribution in [0.5, 0.6) is 0 Å². The molecule has 0 radical (unpaired) electrons. The molecule has 0 bridgehead atoms. The number of hydrogen-bond donors (Lipinski definition) is 2. The van der Waals surface area contributed by atoms with Crippen molar-refractivity contribution in [2.45, 2.75) is 32.4 Å². The van der Waals surface area contributed by atoms with Crippen LogP contribution < -0.4 is 10.6 Å². The zero-order valence-electron chi connectivity index (χ0n) is 22.9. The molecule has 0 aliphatic rings. The number of esters is 1. The molecule has 0 fully saturated rings. The number of benzene rings is 3. The molecule has 2 N–H and O–H groups in total. The summed E-state index contributed by atoms with van der Waals surface area (Å²) in [5.74, 6) is -0.931. The van der Waals surface area contributed by atoms with E-state index in [4.69, 9.17) is 9.47 Å². The van der Waals surface area contributed by atoms with Crippen molar-refractivity contribution in [1.82, 2.24) is 15.1 Å². The number of anilines is 1. The van der Waals surface area contributed by atoms with E-state index in [1.54, 1.807) is 49.8 Å². The molecule has 1 heterocycles. The molecular weight excluding hydrogens is 508 g/mol. The Morgan fingerprint density at radius 2 is 1.55 bits per heavy atom. The van der Waals surface area contributed by atoms with Gasteiger partial charge in [-0.15, -0.1) is 0 Å². The monoisotopic (exact) mass is 540 g/mol. The van der Waals surface area contributed by atoms with Crippen LogP contribution in [0.4, 0.5) is 10.5 Å². The molecule has 4 aromatic rings. The van der Waals surface area contributed by atoms with E-state index < -0.39 is 30.1 Å². The van der Waals surface area contributed by atoms with Gasteiger partial charge in [0, 0.05) is 24.6 Å². The van der Waals surface area contributed by atoms with Crippen molar-refractivity contribution >= 4 is 23.7 Å². The maximum absolute atomic E-state index is 13.0. The molecule has 0 unspecified atom stereocenters. The van der Waals surface area contributed by atoms with Gasteiger partial charge in [0.15, 0.2) is 0 Å². The summed E-state index contributed by atoms with van der Waals surface area (Å²) < 4.78 is 12.1. The molecule has 9 nitrogen and oxygen atoms in total. The molecule has 3 aromatic carbocycles. The smallest absolute Gasteiger partial charge is 0.412 e. The summed E-state index contributed by atoms with van der Waals surface area (Å²) in [4.78, 5) is 38.1. The average Bonchev–Trinajstić information content (AvgIpc) is 3.24. The van der Waals surface area contributed by atoms with Crippen LogP contribution in [0, 0.1) is 6.92 Å². The minimum atomic E-state index is -0.834. The second-order valence-corrected chi connectivity index (χ2v) is 9.33. The highest BCUT2D eigenvalue weighted by Crippen LogP contribution is 2.31. The molecule has 1 aromatic heterocycles. The van der Waals surface area contributed by atoms with E-state index in [2.05, 4.69) is 15.7 Å². The molecule has 2 amide bonds. The van der Waals surface area contributed by atoms with Crippen molar-refractivity contribution in [1.29, 1.82) is 0 Å². The maximum Gasteiger partial charge on any atom is 0.412 e. The van der Waals surface area contributed by atoms with E-state index in [0.29, 0.717) is 29.1 Å². The van der Waals surface area contributed by atoms with Crippen molar-refractivity contribution in [2.75, 3.05) is 12.4 Å². The highest BCUT2D eigenvalue weighted by atomic mass is 16.6. The normalized spacial score (nSPS) is 12.2. The van der Waals surface area contributed by atoms with Gasteiger partial charge in [0.25, 0.3) is 5.91 Å². The summed E-state index contributed by atoms with van der Waals surface area (Å²) in [6, 6.07) is 24.9. The summed E-state index contributed by atoms with van der Waals surface area (Å²) in [7, 11) is 3.07. The third kappa shape index (κ3) is 6.74. The van der Waals surface area contributed by atoms with Crippen molar-refractivity contribution in [3.8, 4) is 11.3 Å². The van der Waals surface area contributed by atoms with Gasteiger partial charge in [-0.25, -0.2) is 9.59 Å². The number of ether oxygens (including phenoxy) is 2. The zero-order chi connectivity index (χ0) is 28.6. The summed E-state index contributed by atoms with van der Waals surface area (Å²) in [5.41, 5.74) is 4.68. The van der Waals surface area contributed by atoms with E-state index in [0.717, 1.165) is 16.7 Å². The maximum atomic E-state index is 13.0. The number of amides is 2. The largest absolute Gasteiger partial charge is 0.467 e. The number of carbonyl (C=O) groups is 3. The van der Waals surface area contributed by atoms with Gasteiger partial charge in [0.05, 0.1) is 24.2 Å². The lowest BCUT2D eigenvalue weighted by molar-refractivity contribution is -0.142. The van der Waals surface area contributed by atoms with Crippen LogP contribution in [0.3, 0.4) is 0 Å². The number of nitrogens with one attached hydrogen (secondary N) is 2. The van der Waals surface area contributed by atoms with Crippen LogP contribution in [0.2, 0.25) is 0 Å². The Labute approximate surface area is 233 Å². The first-order chi connectivity index (χ1) is 19.3. The molecule has 0 spiro atoms. The van der Waals surface area contributed by atoms with Gasteiger partial charge in [-0.2, -0.15) is 5.10 Å². The Bertz CT molecular complexity index is 1470. The number of aryl methyl sites for hydroxylation is 2. The molecule has 2 atom stereocenters.